The fraction of sp³-hybridized carbons (Fsp3) is 0.364. The number of amides is 1. The zero-order valence-corrected chi connectivity index (χ0v) is 17.4. The second-order valence-corrected chi connectivity index (χ2v) is 8.16. The van der Waals surface area contributed by atoms with Crippen LogP contribution in [0.3, 0.4) is 0 Å². The highest BCUT2D eigenvalue weighted by molar-refractivity contribution is 7.98. The lowest BCUT2D eigenvalue weighted by Gasteiger charge is -2.16. The summed E-state index contributed by atoms with van der Waals surface area (Å²) in [5, 5.41) is 3.13. The molecule has 0 bridgehead atoms. The molecule has 3 aromatic rings. The Bertz CT molecular complexity index is 873. The number of hydrogen-bond donors (Lipinski definition) is 2. The SMILES string of the molecule is CSCC[C@H](NC(=O)c1ccc(OCC(C)C)cc1)c1nc2ccccc2[nH]1. The summed E-state index contributed by atoms with van der Waals surface area (Å²) < 4.78 is 5.69. The number of fused-ring (bicyclic) bond motifs is 1. The first kappa shape index (κ1) is 20.3. The van der Waals surface area contributed by atoms with Gasteiger partial charge >= 0.3 is 0 Å². The molecule has 0 aliphatic heterocycles. The van der Waals surface area contributed by atoms with E-state index in [0.717, 1.165) is 34.8 Å². The molecule has 0 radical (unpaired) electrons. The van der Waals surface area contributed by atoms with Crippen LogP contribution in [0.2, 0.25) is 0 Å². The zero-order valence-electron chi connectivity index (χ0n) is 16.6. The lowest BCUT2D eigenvalue weighted by molar-refractivity contribution is 0.0934. The Morgan fingerprint density at radius 1 is 1.18 bits per heavy atom. The van der Waals surface area contributed by atoms with Crippen LogP contribution in [0.5, 0.6) is 5.75 Å². The molecule has 0 unspecified atom stereocenters. The van der Waals surface area contributed by atoms with Crippen molar-refractivity contribution in [3.8, 4) is 5.75 Å². The highest BCUT2D eigenvalue weighted by Crippen LogP contribution is 2.21. The molecule has 2 aromatic carbocycles. The molecule has 6 heteroatoms. The molecule has 0 saturated carbocycles. The third-order valence-corrected chi connectivity index (χ3v) is 5.00. The summed E-state index contributed by atoms with van der Waals surface area (Å²) in [6.45, 7) is 4.87. The maximum Gasteiger partial charge on any atom is 0.251 e. The van der Waals surface area contributed by atoms with Gasteiger partial charge in [-0.2, -0.15) is 11.8 Å². The first-order valence-electron chi connectivity index (χ1n) is 9.54. The molecular formula is C22H27N3O2S. The predicted molar refractivity (Wildman–Crippen MR) is 116 cm³/mol. The lowest BCUT2D eigenvalue weighted by atomic mass is 10.1. The minimum Gasteiger partial charge on any atom is -0.493 e. The van der Waals surface area contributed by atoms with Gasteiger partial charge in [-0.1, -0.05) is 26.0 Å². The molecule has 1 heterocycles. The van der Waals surface area contributed by atoms with Crippen LogP contribution in [0.15, 0.2) is 48.5 Å². The van der Waals surface area contributed by atoms with Crippen LogP contribution >= 0.6 is 11.8 Å². The van der Waals surface area contributed by atoms with E-state index in [9.17, 15) is 4.79 Å². The van der Waals surface area contributed by atoms with Crippen LogP contribution in [0.4, 0.5) is 0 Å². The van der Waals surface area contributed by atoms with Crippen molar-refractivity contribution in [3.63, 3.8) is 0 Å². The number of rotatable bonds is 9. The van der Waals surface area contributed by atoms with Gasteiger partial charge in [-0.05, 0) is 60.7 Å². The van der Waals surface area contributed by atoms with E-state index in [-0.39, 0.29) is 11.9 Å². The maximum absolute atomic E-state index is 12.8. The fourth-order valence-electron chi connectivity index (χ4n) is 2.86. The standard InChI is InChI=1S/C22H27N3O2S/c1-15(2)14-27-17-10-8-16(9-11-17)22(26)25-20(12-13-28-3)21-23-18-6-4-5-7-19(18)24-21/h4-11,15,20H,12-14H2,1-3H3,(H,23,24)(H,25,26)/t20-/m0/s1. The van der Waals surface area contributed by atoms with E-state index in [0.29, 0.717) is 18.1 Å². The third kappa shape index (κ3) is 5.29. The summed E-state index contributed by atoms with van der Waals surface area (Å²) >= 11 is 1.75. The number of H-pyrrole nitrogens is 1. The van der Waals surface area contributed by atoms with Crippen molar-refractivity contribution in [3.05, 3.63) is 59.9 Å². The van der Waals surface area contributed by atoms with Gasteiger partial charge < -0.3 is 15.0 Å². The number of carbonyl (C=O) groups is 1. The van der Waals surface area contributed by atoms with Crippen LogP contribution in [0.25, 0.3) is 11.0 Å². The smallest absolute Gasteiger partial charge is 0.251 e. The first-order chi connectivity index (χ1) is 13.6. The average molecular weight is 398 g/mol. The molecule has 1 amide bonds. The fourth-order valence-corrected chi connectivity index (χ4v) is 3.33. The van der Waals surface area contributed by atoms with Crippen LogP contribution in [-0.2, 0) is 0 Å². The maximum atomic E-state index is 12.8. The largest absolute Gasteiger partial charge is 0.493 e. The van der Waals surface area contributed by atoms with Crippen molar-refractivity contribution in [2.75, 3.05) is 18.6 Å². The summed E-state index contributed by atoms with van der Waals surface area (Å²) in [5.41, 5.74) is 2.50. The van der Waals surface area contributed by atoms with Crippen molar-refractivity contribution in [2.45, 2.75) is 26.3 Å². The van der Waals surface area contributed by atoms with Crippen molar-refractivity contribution < 1.29 is 9.53 Å². The molecule has 0 saturated heterocycles. The number of para-hydroxylation sites is 2. The summed E-state index contributed by atoms with van der Waals surface area (Å²) in [5.74, 6) is 2.86. The second kappa shape index (κ2) is 9.64. The highest BCUT2D eigenvalue weighted by atomic mass is 32.2. The summed E-state index contributed by atoms with van der Waals surface area (Å²) in [6.07, 6.45) is 2.87. The van der Waals surface area contributed by atoms with E-state index in [1.807, 2.05) is 36.4 Å². The van der Waals surface area contributed by atoms with Crippen LogP contribution < -0.4 is 10.1 Å². The van der Waals surface area contributed by atoms with Gasteiger partial charge in [0, 0.05) is 5.56 Å². The van der Waals surface area contributed by atoms with Crippen LogP contribution in [0.1, 0.15) is 42.5 Å². The monoisotopic (exact) mass is 397 g/mol. The van der Waals surface area contributed by atoms with Crippen LogP contribution in [0, 0.1) is 5.92 Å². The van der Waals surface area contributed by atoms with Crippen molar-refractivity contribution >= 4 is 28.7 Å². The average Bonchev–Trinajstić information content (AvgIpc) is 3.14. The number of carbonyl (C=O) groups excluding carboxylic acids is 1. The number of benzene rings is 2. The number of ether oxygens (including phenoxy) is 1. The molecule has 0 aliphatic carbocycles. The van der Waals surface area contributed by atoms with Gasteiger partial charge in [-0.15, -0.1) is 0 Å². The Hall–Kier alpha value is -2.47. The topological polar surface area (TPSA) is 67.0 Å². The molecule has 2 N–H and O–H groups in total. The van der Waals surface area contributed by atoms with Crippen LogP contribution in [-0.4, -0.2) is 34.5 Å². The third-order valence-electron chi connectivity index (χ3n) is 4.35. The van der Waals surface area contributed by atoms with Gasteiger partial charge in [-0.3, -0.25) is 4.79 Å². The number of thioether (sulfide) groups is 1. The van der Waals surface area contributed by atoms with Gasteiger partial charge in [0.05, 0.1) is 23.7 Å². The van der Waals surface area contributed by atoms with E-state index < -0.39 is 0 Å². The van der Waals surface area contributed by atoms with E-state index >= 15 is 0 Å². The normalized spacial score (nSPS) is 12.3. The van der Waals surface area contributed by atoms with Gasteiger partial charge in [0.2, 0.25) is 0 Å². The van der Waals surface area contributed by atoms with E-state index in [4.69, 9.17) is 4.74 Å². The molecule has 0 spiro atoms. The Labute approximate surface area is 170 Å². The first-order valence-corrected chi connectivity index (χ1v) is 10.9. The highest BCUT2D eigenvalue weighted by Gasteiger charge is 2.19. The number of aromatic nitrogens is 2. The lowest BCUT2D eigenvalue weighted by Crippen LogP contribution is -2.29. The molecule has 3 rings (SSSR count). The van der Waals surface area contributed by atoms with Crippen molar-refractivity contribution in [1.82, 2.24) is 15.3 Å². The summed E-state index contributed by atoms with van der Waals surface area (Å²) in [6, 6.07) is 15.0. The van der Waals surface area contributed by atoms with E-state index in [2.05, 4.69) is 35.4 Å². The van der Waals surface area contributed by atoms with E-state index in [1.165, 1.54) is 0 Å². The Morgan fingerprint density at radius 2 is 1.93 bits per heavy atom. The molecule has 0 fully saturated rings. The van der Waals surface area contributed by atoms with Crippen molar-refractivity contribution in [2.24, 2.45) is 5.92 Å². The van der Waals surface area contributed by atoms with Gasteiger partial charge in [-0.25, -0.2) is 4.98 Å². The molecule has 148 valence electrons. The van der Waals surface area contributed by atoms with E-state index in [1.54, 1.807) is 23.9 Å². The van der Waals surface area contributed by atoms with Gasteiger partial charge in [0.25, 0.3) is 5.91 Å². The number of nitrogens with one attached hydrogen (secondary N) is 2. The summed E-state index contributed by atoms with van der Waals surface area (Å²) in [7, 11) is 0. The number of imidazole rings is 1. The predicted octanol–water partition coefficient (Wildman–Crippen LogP) is 4.82. The van der Waals surface area contributed by atoms with Gasteiger partial charge in [0.1, 0.15) is 11.6 Å². The quantitative estimate of drug-likeness (QED) is 0.543. The minimum atomic E-state index is -0.163. The van der Waals surface area contributed by atoms with Gasteiger partial charge in [0.15, 0.2) is 0 Å². The minimum absolute atomic E-state index is 0.109. The number of hydrogen-bond acceptors (Lipinski definition) is 4. The Balaban J connectivity index is 1.72. The summed E-state index contributed by atoms with van der Waals surface area (Å²) in [4.78, 5) is 20.8. The molecule has 1 aromatic heterocycles. The molecule has 0 aliphatic rings. The second-order valence-electron chi connectivity index (χ2n) is 7.18. The van der Waals surface area contributed by atoms with Crippen molar-refractivity contribution in [1.29, 1.82) is 0 Å². The molecular weight excluding hydrogens is 370 g/mol. The Morgan fingerprint density at radius 3 is 2.61 bits per heavy atom. The zero-order chi connectivity index (χ0) is 19.9. The Kier molecular flexibility index (Phi) is 6.98. The molecule has 5 nitrogen and oxygen atoms in total. The molecule has 28 heavy (non-hydrogen) atoms. The molecule has 1 atom stereocenters. The number of aromatic amines is 1. The number of nitrogens with zero attached hydrogens (tertiary/aromatic N) is 1.